The molecule has 3 nitrogen and oxygen atoms in total. The van der Waals surface area contributed by atoms with Crippen LogP contribution in [0.3, 0.4) is 0 Å². The third-order valence-electron chi connectivity index (χ3n) is 2.99. The predicted octanol–water partition coefficient (Wildman–Crippen LogP) is 3.71. The number of esters is 2. The first-order valence-corrected chi connectivity index (χ1v) is 6.78. The average molecular weight is 242 g/mol. The summed E-state index contributed by atoms with van der Waals surface area (Å²) in [6, 6.07) is 0. The number of unbranched alkanes of at least 4 members (excludes halogenated alkanes) is 2. The molecule has 0 spiro atoms. The van der Waals surface area contributed by atoms with Gasteiger partial charge in [-0.25, -0.2) is 0 Å². The van der Waals surface area contributed by atoms with Crippen molar-refractivity contribution in [2.75, 3.05) is 0 Å². The van der Waals surface area contributed by atoms with Crippen molar-refractivity contribution < 1.29 is 14.3 Å². The van der Waals surface area contributed by atoms with Crippen LogP contribution in [-0.4, -0.2) is 11.9 Å². The van der Waals surface area contributed by atoms with Crippen LogP contribution in [0.15, 0.2) is 0 Å². The zero-order chi connectivity index (χ0) is 13.3. The number of carbonyl (C=O) groups excluding carboxylic acids is 2. The number of hydrogen-bond donors (Lipinski definition) is 0. The molecule has 0 bridgehead atoms. The van der Waals surface area contributed by atoms with Crippen LogP contribution in [0.25, 0.3) is 0 Å². The van der Waals surface area contributed by atoms with Gasteiger partial charge in [0.1, 0.15) is 0 Å². The van der Waals surface area contributed by atoms with E-state index >= 15 is 0 Å². The van der Waals surface area contributed by atoms with Crippen molar-refractivity contribution >= 4 is 11.9 Å². The van der Waals surface area contributed by atoms with Gasteiger partial charge >= 0.3 is 11.9 Å². The van der Waals surface area contributed by atoms with Gasteiger partial charge in [-0.1, -0.05) is 53.4 Å². The van der Waals surface area contributed by atoms with E-state index in [4.69, 9.17) is 4.74 Å². The molecule has 0 unspecified atom stereocenters. The van der Waals surface area contributed by atoms with Crippen molar-refractivity contribution in [2.45, 2.75) is 66.2 Å². The molecule has 0 aromatic carbocycles. The monoisotopic (exact) mass is 242 g/mol. The van der Waals surface area contributed by atoms with Crippen molar-refractivity contribution in [3.8, 4) is 0 Å². The molecule has 0 N–H and O–H groups in total. The van der Waals surface area contributed by atoms with E-state index in [2.05, 4.69) is 13.8 Å². The highest BCUT2D eigenvalue weighted by atomic mass is 16.6. The number of rotatable bonds is 8. The van der Waals surface area contributed by atoms with Gasteiger partial charge in [0.2, 0.25) is 0 Å². The fourth-order valence-corrected chi connectivity index (χ4v) is 1.56. The van der Waals surface area contributed by atoms with Crippen molar-refractivity contribution in [1.29, 1.82) is 0 Å². The van der Waals surface area contributed by atoms with Crippen LogP contribution in [0.1, 0.15) is 66.2 Å². The molecule has 0 aromatic rings. The van der Waals surface area contributed by atoms with E-state index < -0.39 is 0 Å². The smallest absolute Gasteiger partial charge is 0.316 e. The molecule has 17 heavy (non-hydrogen) atoms. The van der Waals surface area contributed by atoms with Gasteiger partial charge in [-0.2, -0.15) is 0 Å². The minimum absolute atomic E-state index is 0.169. The predicted molar refractivity (Wildman–Crippen MR) is 68.5 cm³/mol. The molecule has 3 heteroatoms. The van der Waals surface area contributed by atoms with Crippen molar-refractivity contribution in [3.05, 3.63) is 0 Å². The van der Waals surface area contributed by atoms with Gasteiger partial charge < -0.3 is 4.74 Å². The fraction of sp³-hybridized carbons (Fsp3) is 0.857. The molecular formula is C14H26O3. The molecule has 100 valence electrons. The SMILES string of the molecule is CCCC[C@@H](C)C(=O)OC(=O)[C@@H](C)CCCC. The molecule has 0 aliphatic heterocycles. The maximum atomic E-state index is 11.6. The molecule has 0 aromatic heterocycles. The number of carbonyl (C=O) groups is 2. The van der Waals surface area contributed by atoms with E-state index in [1.807, 2.05) is 13.8 Å². The molecule has 0 heterocycles. The lowest BCUT2D eigenvalue weighted by Crippen LogP contribution is -2.23. The molecule has 0 radical (unpaired) electrons. The zero-order valence-electron chi connectivity index (χ0n) is 11.6. The van der Waals surface area contributed by atoms with Gasteiger partial charge in [0.25, 0.3) is 0 Å². The maximum Gasteiger partial charge on any atom is 0.316 e. The highest BCUT2D eigenvalue weighted by Crippen LogP contribution is 2.13. The standard InChI is InChI=1S/C14H26O3/c1-5-7-9-11(3)13(15)17-14(16)12(4)10-8-6-2/h11-12H,5-10H2,1-4H3/t11-,12+. The Labute approximate surface area is 105 Å². The highest BCUT2D eigenvalue weighted by Gasteiger charge is 2.21. The average Bonchev–Trinajstić information content (AvgIpc) is 2.32. The molecule has 0 amide bonds. The second-order valence-electron chi connectivity index (χ2n) is 4.83. The normalized spacial score (nSPS) is 14.1. The van der Waals surface area contributed by atoms with Crippen LogP contribution in [0.4, 0.5) is 0 Å². The maximum absolute atomic E-state index is 11.6. The lowest BCUT2D eigenvalue weighted by Gasteiger charge is -2.12. The third-order valence-corrected chi connectivity index (χ3v) is 2.99. The van der Waals surface area contributed by atoms with E-state index in [1.54, 1.807) is 0 Å². The van der Waals surface area contributed by atoms with E-state index in [1.165, 1.54) is 0 Å². The van der Waals surface area contributed by atoms with E-state index in [9.17, 15) is 9.59 Å². The molecule has 0 aliphatic rings. The first-order chi connectivity index (χ1) is 8.02. The Hall–Kier alpha value is -0.860. The highest BCUT2D eigenvalue weighted by molar-refractivity contribution is 5.87. The molecule has 0 fully saturated rings. The quantitative estimate of drug-likeness (QED) is 0.481. The first-order valence-electron chi connectivity index (χ1n) is 6.78. The van der Waals surface area contributed by atoms with Crippen LogP contribution in [0, 0.1) is 11.8 Å². The largest absolute Gasteiger partial charge is 0.393 e. The molecule has 0 aliphatic carbocycles. The summed E-state index contributed by atoms with van der Waals surface area (Å²) in [5, 5.41) is 0. The van der Waals surface area contributed by atoms with Crippen LogP contribution >= 0.6 is 0 Å². The molecule has 0 saturated heterocycles. The van der Waals surface area contributed by atoms with Gasteiger partial charge in [0.15, 0.2) is 0 Å². The van der Waals surface area contributed by atoms with Crippen LogP contribution in [-0.2, 0) is 14.3 Å². The van der Waals surface area contributed by atoms with Gasteiger partial charge in [0.05, 0.1) is 11.8 Å². The zero-order valence-corrected chi connectivity index (χ0v) is 11.6. The topological polar surface area (TPSA) is 43.4 Å². The third kappa shape index (κ3) is 7.14. The lowest BCUT2D eigenvalue weighted by atomic mass is 10.0. The van der Waals surface area contributed by atoms with Crippen LogP contribution in [0.2, 0.25) is 0 Å². The van der Waals surface area contributed by atoms with E-state index in [0.717, 1.165) is 38.5 Å². The second kappa shape index (κ2) is 9.20. The molecule has 0 saturated carbocycles. The summed E-state index contributed by atoms with van der Waals surface area (Å²) < 4.78 is 4.89. The van der Waals surface area contributed by atoms with Gasteiger partial charge in [-0.15, -0.1) is 0 Å². The van der Waals surface area contributed by atoms with Gasteiger partial charge in [-0.05, 0) is 12.8 Å². The molecule has 0 rings (SSSR count). The Bertz CT molecular complexity index is 212. The fourth-order valence-electron chi connectivity index (χ4n) is 1.56. The summed E-state index contributed by atoms with van der Waals surface area (Å²) in [5.74, 6) is -1.08. The summed E-state index contributed by atoms with van der Waals surface area (Å²) in [4.78, 5) is 23.2. The van der Waals surface area contributed by atoms with Crippen LogP contribution < -0.4 is 0 Å². The minimum Gasteiger partial charge on any atom is -0.393 e. The minimum atomic E-state index is -0.369. The summed E-state index contributed by atoms with van der Waals surface area (Å²) in [5.41, 5.74) is 0. The van der Waals surface area contributed by atoms with Crippen LogP contribution in [0.5, 0.6) is 0 Å². The molecular weight excluding hydrogens is 216 g/mol. The van der Waals surface area contributed by atoms with Crippen molar-refractivity contribution in [2.24, 2.45) is 11.8 Å². The number of ether oxygens (including phenoxy) is 1. The van der Waals surface area contributed by atoms with E-state index in [0.29, 0.717) is 0 Å². The Kier molecular flexibility index (Phi) is 8.73. The van der Waals surface area contributed by atoms with Crippen molar-refractivity contribution in [3.63, 3.8) is 0 Å². The van der Waals surface area contributed by atoms with Gasteiger partial charge in [-0.3, -0.25) is 9.59 Å². The Morgan fingerprint density at radius 2 is 1.24 bits per heavy atom. The summed E-state index contributed by atoms with van der Waals surface area (Å²) in [7, 11) is 0. The van der Waals surface area contributed by atoms with Crippen molar-refractivity contribution in [1.82, 2.24) is 0 Å². The summed E-state index contributed by atoms with van der Waals surface area (Å²) in [6.07, 6.45) is 5.69. The number of hydrogen-bond acceptors (Lipinski definition) is 3. The Balaban J connectivity index is 3.97. The summed E-state index contributed by atoms with van der Waals surface area (Å²) in [6.45, 7) is 7.80. The van der Waals surface area contributed by atoms with E-state index in [-0.39, 0.29) is 23.8 Å². The second-order valence-corrected chi connectivity index (χ2v) is 4.83. The lowest BCUT2D eigenvalue weighted by molar-refractivity contribution is -0.165. The first kappa shape index (κ1) is 16.1. The Morgan fingerprint density at radius 1 is 0.882 bits per heavy atom. The summed E-state index contributed by atoms with van der Waals surface area (Å²) >= 11 is 0. The molecule has 2 atom stereocenters. The van der Waals surface area contributed by atoms with Gasteiger partial charge in [0, 0.05) is 0 Å². The Morgan fingerprint density at radius 3 is 1.53 bits per heavy atom.